The van der Waals surface area contributed by atoms with Crippen molar-refractivity contribution in [2.24, 2.45) is 22.4 Å². The summed E-state index contributed by atoms with van der Waals surface area (Å²) in [6, 6.07) is 4.05. The normalized spacial score (nSPS) is 21.0. The molecule has 0 aliphatic carbocycles. The van der Waals surface area contributed by atoms with Gasteiger partial charge in [0.25, 0.3) is 0 Å². The number of hydrogen-bond acceptors (Lipinski definition) is 6. The summed E-state index contributed by atoms with van der Waals surface area (Å²) >= 11 is 0. The first-order valence-corrected chi connectivity index (χ1v) is 12.8. The summed E-state index contributed by atoms with van der Waals surface area (Å²) in [6.45, 7) is 7.00. The molecule has 4 rings (SSSR count). The number of nitrogens with zero attached hydrogens (tertiary/aromatic N) is 3. The molecule has 3 heterocycles. The lowest BCUT2D eigenvalue weighted by Gasteiger charge is -2.39. The second-order valence-corrected chi connectivity index (χ2v) is 9.82. The molecule has 0 saturated carbocycles. The standard InChI is InChI=1S/C27H35F3N6O2/c1-17-20(4-3-5-23(17)27(28,29)30)15-34-25(32)22-14-21(16-33-24(22)18(2)31)35-8-10-36(11-9-35)26(37)19-6-12-38-13-7-19/h3-5,14,16,19,33H,6-13,15,31H2,1-2H3,(H2,32,34)/b24-18+. The molecule has 0 spiro atoms. The monoisotopic (exact) mass is 532 g/mol. The van der Waals surface area contributed by atoms with Gasteiger partial charge in [-0.3, -0.25) is 9.79 Å². The summed E-state index contributed by atoms with van der Waals surface area (Å²) < 4.78 is 45.3. The van der Waals surface area contributed by atoms with Crippen LogP contribution in [0.2, 0.25) is 0 Å². The van der Waals surface area contributed by atoms with Gasteiger partial charge < -0.3 is 31.3 Å². The maximum absolute atomic E-state index is 13.3. The molecular formula is C27H35F3N6O2. The van der Waals surface area contributed by atoms with Crippen LogP contribution in [-0.4, -0.2) is 60.9 Å². The van der Waals surface area contributed by atoms with Gasteiger partial charge in [0.15, 0.2) is 0 Å². The molecule has 1 amide bonds. The zero-order valence-corrected chi connectivity index (χ0v) is 21.8. The van der Waals surface area contributed by atoms with Gasteiger partial charge >= 0.3 is 6.18 Å². The number of dihydropyridines is 1. The number of piperazine rings is 1. The third-order valence-electron chi connectivity index (χ3n) is 7.29. The van der Waals surface area contributed by atoms with E-state index in [0.29, 0.717) is 61.9 Å². The van der Waals surface area contributed by atoms with Crippen LogP contribution in [0, 0.1) is 12.8 Å². The average Bonchev–Trinajstić information content (AvgIpc) is 2.91. The minimum absolute atomic E-state index is 0.00185. The Hall–Kier alpha value is -3.47. The smallest absolute Gasteiger partial charge is 0.401 e. The number of carbonyl (C=O) groups is 1. The van der Waals surface area contributed by atoms with Gasteiger partial charge in [0.1, 0.15) is 5.84 Å². The Bertz CT molecular complexity index is 1170. The van der Waals surface area contributed by atoms with Crippen molar-refractivity contribution in [2.45, 2.75) is 39.4 Å². The van der Waals surface area contributed by atoms with Crippen LogP contribution in [-0.2, 0) is 22.3 Å². The van der Waals surface area contributed by atoms with Crippen LogP contribution in [0.15, 0.2) is 58.1 Å². The number of halogens is 3. The molecule has 8 nitrogen and oxygen atoms in total. The van der Waals surface area contributed by atoms with Gasteiger partial charge in [-0.1, -0.05) is 12.1 Å². The highest BCUT2D eigenvalue weighted by Crippen LogP contribution is 2.33. The van der Waals surface area contributed by atoms with Crippen molar-refractivity contribution in [1.29, 1.82) is 0 Å². The Labute approximate surface area is 220 Å². The number of alkyl halides is 3. The molecule has 0 bridgehead atoms. The Morgan fingerprint density at radius 1 is 1.16 bits per heavy atom. The minimum atomic E-state index is -4.43. The van der Waals surface area contributed by atoms with Crippen LogP contribution < -0.4 is 16.8 Å². The predicted molar refractivity (Wildman–Crippen MR) is 139 cm³/mol. The summed E-state index contributed by atoms with van der Waals surface area (Å²) in [5, 5.41) is 3.20. The molecule has 3 aliphatic rings. The van der Waals surface area contributed by atoms with Gasteiger partial charge in [-0.25, -0.2) is 0 Å². The van der Waals surface area contributed by atoms with E-state index in [-0.39, 0.29) is 29.8 Å². The number of amides is 1. The molecule has 0 radical (unpaired) electrons. The second-order valence-electron chi connectivity index (χ2n) is 9.82. The van der Waals surface area contributed by atoms with E-state index in [9.17, 15) is 18.0 Å². The molecule has 0 atom stereocenters. The largest absolute Gasteiger partial charge is 0.416 e. The van der Waals surface area contributed by atoms with Crippen molar-refractivity contribution in [2.75, 3.05) is 39.4 Å². The zero-order chi connectivity index (χ0) is 27.4. The van der Waals surface area contributed by atoms with Crippen LogP contribution in [0.1, 0.15) is 36.5 Å². The number of allylic oxidation sites excluding steroid dienone is 2. The first-order valence-electron chi connectivity index (χ1n) is 12.8. The SMILES string of the molecule is C/C(N)=C1\NC=C(N2CCN(C(=O)C3CCOCC3)CC2)C=C1C(N)=NCc1cccc(C(F)(F)F)c1C. The number of aliphatic imine (C=N–C) groups is 1. The average molecular weight is 533 g/mol. The quantitative estimate of drug-likeness (QED) is 0.398. The van der Waals surface area contributed by atoms with E-state index in [2.05, 4.69) is 15.2 Å². The Kier molecular flexibility index (Phi) is 8.35. The third-order valence-corrected chi connectivity index (χ3v) is 7.29. The van der Waals surface area contributed by atoms with E-state index in [1.165, 1.54) is 13.0 Å². The summed E-state index contributed by atoms with van der Waals surface area (Å²) in [7, 11) is 0. The summed E-state index contributed by atoms with van der Waals surface area (Å²) in [5.41, 5.74) is 14.9. The van der Waals surface area contributed by atoms with E-state index in [1.54, 1.807) is 13.0 Å². The number of nitrogens with one attached hydrogen (secondary N) is 1. The molecule has 2 saturated heterocycles. The topological polar surface area (TPSA) is 109 Å². The van der Waals surface area contributed by atoms with Gasteiger partial charge in [0, 0.05) is 62.8 Å². The lowest BCUT2D eigenvalue weighted by molar-refractivity contribution is -0.140. The van der Waals surface area contributed by atoms with Gasteiger partial charge in [-0.15, -0.1) is 0 Å². The highest BCUT2D eigenvalue weighted by molar-refractivity contribution is 6.01. The fourth-order valence-corrected chi connectivity index (χ4v) is 5.00. The van der Waals surface area contributed by atoms with Crippen molar-refractivity contribution in [3.8, 4) is 0 Å². The molecule has 0 unspecified atom stereocenters. The van der Waals surface area contributed by atoms with Crippen molar-refractivity contribution < 1.29 is 22.7 Å². The lowest BCUT2D eigenvalue weighted by atomic mass is 9.98. The molecule has 1 aromatic carbocycles. The second kappa shape index (κ2) is 11.5. The van der Waals surface area contributed by atoms with E-state index >= 15 is 0 Å². The zero-order valence-electron chi connectivity index (χ0n) is 21.8. The number of hydrogen-bond donors (Lipinski definition) is 3. The van der Waals surface area contributed by atoms with Gasteiger partial charge in [0.2, 0.25) is 5.91 Å². The predicted octanol–water partition coefficient (Wildman–Crippen LogP) is 3.00. The van der Waals surface area contributed by atoms with E-state index in [0.717, 1.165) is 24.6 Å². The van der Waals surface area contributed by atoms with Crippen molar-refractivity contribution in [1.82, 2.24) is 15.1 Å². The third kappa shape index (κ3) is 6.15. The Balaban J connectivity index is 1.47. The van der Waals surface area contributed by atoms with Crippen molar-refractivity contribution >= 4 is 11.7 Å². The molecule has 3 aliphatic heterocycles. The first kappa shape index (κ1) is 27.6. The van der Waals surface area contributed by atoms with Crippen LogP contribution in [0.5, 0.6) is 0 Å². The van der Waals surface area contributed by atoms with Crippen LogP contribution in [0.4, 0.5) is 13.2 Å². The molecule has 1 aromatic rings. The summed E-state index contributed by atoms with van der Waals surface area (Å²) in [5.74, 6) is 0.410. The van der Waals surface area contributed by atoms with E-state index in [4.69, 9.17) is 16.2 Å². The minimum Gasteiger partial charge on any atom is -0.401 e. The van der Waals surface area contributed by atoms with Gasteiger partial charge in [-0.05, 0) is 50.0 Å². The van der Waals surface area contributed by atoms with Crippen LogP contribution in [0.3, 0.4) is 0 Å². The van der Waals surface area contributed by atoms with Crippen LogP contribution in [0.25, 0.3) is 0 Å². The highest BCUT2D eigenvalue weighted by atomic mass is 19.4. The number of rotatable bonds is 5. The molecule has 0 aromatic heterocycles. The maximum Gasteiger partial charge on any atom is 0.416 e. The number of carbonyl (C=O) groups excluding carboxylic acids is 1. The lowest BCUT2D eigenvalue weighted by Crippen LogP contribution is -2.50. The molecule has 38 heavy (non-hydrogen) atoms. The van der Waals surface area contributed by atoms with E-state index in [1.807, 2.05) is 17.2 Å². The number of ether oxygens (including phenoxy) is 1. The summed E-state index contributed by atoms with van der Waals surface area (Å²) in [4.78, 5) is 21.4. The molecule has 5 N–H and O–H groups in total. The molecular weight excluding hydrogens is 497 g/mol. The fourth-order valence-electron chi connectivity index (χ4n) is 5.00. The van der Waals surface area contributed by atoms with Gasteiger partial charge in [-0.2, -0.15) is 13.2 Å². The molecule has 2 fully saturated rings. The van der Waals surface area contributed by atoms with Crippen LogP contribution >= 0.6 is 0 Å². The molecule has 11 heteroatoms. The molecule has 206 valence electrons. The highest BCUT2D eigenvalue weighted by Gasteiger charge is 2.33. The number of benzene rings is 1. The summed E-state index contributed by atoms with van der Waals surface area (Å²) in [6.07, 6.45) is 0.834. The number of nitrogens with two attached hydrogens (primary N) is 2. The fraction of sp³-hybridized carbons (Fsp3) is 0.481. The van der Waals surface area contributed by atoms with Crippen molar-refractivity contribution in [3.05, 3.63) is 69.8 Å². The Morgan fingerprint density at radius 3 is 2.47 bits per heavy atom. The van der Waals surface area contributed by atoms with E-state index < -0.39 is 11.7 Å². The number of amidine groups is 1. The first-order chi connectivity index (χ1) is 18.1. The maximum atomic E-state index is 13.3. The van der Waals surface area contributed by atoms with Crippen molar-refractivity contribution in [3.63, 3.8) is 0 Å². The van der Waals surface area contributed by atoms with Gasteiger partial charge in [0.05, 0.1) is 23.5 Å². The Morgan fingerprint density at radius 2 is 1.84 bits per heavy atom.